The highest BCUT2D eigenvalue weighted by Gasteiger charge is 2.22. The quantitative estimate of drug-likeness (QED) is 0.790. The predicted molar refractivity (Wildman–Crippen MR) is 92.1 cm³/mol. The van der Waals surface area contributed by atoms with Crippen LogP contribution in [0.1, 0.15) is 31.9 Å². The summed E-state index contributed by atoms with van der Waals surface area (Å²) in [4.78, 5) is 16.1. The zero-order chi connectivity index (χ0) is 17.5. The maximum absolute atomic E-state index is 13.7. The number of carbonyl (C=O) groups excluding carboxylic acids is 1. The molecule has 1 saturated heterocycles. The lowest BCUT2D eigenvalue weighted by molar-refractivity contribution is -0.123. The molecule has 0 spiro atoms. The van der Waals surface area contributed by atoms with Crippen molar-refractivity contribution in [2.24, 2.45) is 0 Å². The molecule has 1 fully saturated rings. The number of nitrogens with zero attached hydrogens (tertiary/aromatic N) is 2. The minimum atomic E-state index is -0.827. The number of nitrogens with one attached hydrogen (secondary N) is 1. The van der Waals surface area contributed by atoms with Crippen LogP contribution >= 0.6 is 0 Å². The Morgan fingerprint density at radius 2 is 1.88 bits per heavy atom. The Morgan fingerprint density at radius 3 is 2.50 bits per heavy atom. The average Bonchev–Trinajstić information content (AvgIpc) is 2.56. The molecule has 0 aliphatic carbocycles. The highest BCUT2D eigenvalue weighted by molar-refractivity contribution is 5.78. The molecule has 1 amide bonds. The fourth-order valence-corrected chi connectivity index (χ4v) is 2.84. The summed E-state index contributed by atoms with van der Waals surface area (Å²) in [6.07, 6.45) is 0.0967. The van der Waals surface area contributed by atoms with E-state index in [1.165, 1.54) is 6.07 Å². The van der Waals surface area contributed by atoms with E-state index in [-0.39, 0.29) is 17.8 Å². The van der Waals surface area contributed by atoms with Crippen molar-refractivity contribution >= 4 is 5.91 Å². The maximum Gasteiger partial charge on any atom is 0.234 e. The van der Waals surface area contributed by atoms with Crippen LogP contribution in [0, 0.1) is 5.82 Å². The van der Waals surface area contributed by atoms with Crippen molar-refractivity contribution in [2.45, 2.75) is 32.4 Å². The summed E-state index contributed by atoms with van der Waals surface area (Å²) >= 11 is 0. The molecule has 1 aromatic rings. The van der Waals surface area contributed by atoms with Crippen molar-refractivity contribution in [3.63, 3.8) is 0 Å². The van der Waals surface area contributed by atoms with Crippen LogP contribution in [0.4, 0.5) is 4.39 Å². The Hall–Kier alpha value is -1.50. The van der Waals surface area contributed by atoms with Gasteiger partial charge in [0.05, 0.1) is 12.6 Å². The summed E-state index contributed by atoms with van der Waals surface area (Å²) in [6, 6.07) is 6.54. The number of halogens is 1. The first-order valence-corrected chi connectivity index (χ1v) is 8.66. The molecular weight excluding hydrogens is 309 g/mol. The van der Waals surface area contributed by atoms with Gasteiger partial charge in [-0.3, -0.25) is 14.6 Å². The number of benzene rings is 1. The number of hydrogen-bond donors (Lipinski definition) is 2. The Labute approximate surface area is 143 Å². The third-order valence-corrected chi connectivity index (χ3v) is 4.55. The van der Waals surface area contributed by atoms with Crippen molar-refractivity contribution in [1.29, 1.82) is 0 Å². The largest absolute Gasteiger partial charge is 0.387 e. The van der Waals surface area contributed by atoms with Gasteiger partial charge < -0.3 is 10.4 Å². The van der Waals surface area contributed by atoms with Crippen molar-refractivity contribution in [3.05, 3.63) is 35.6 Å². The summed E-state index contributed by atoms with van der Waals surface area (Å²) in [5.41, 5.74) is 0.341. The smallest absolute Gasteiger partial charge is 0.234 e. The normalized spacial score (nSPS) is 19.0. The molecule has 1 aromatic carbocycles. The Morgan fingerprint density at radius 1 is 1.25 bits per heavy atom. The van der Waals surface area contributed by atoms with Crippen LogP contribution in [0.15, 0.2) is 24.3 Å². The van der Waals surface area contributed by atoms with Crippen LogP contribution < -0.4 is 5.32 Å². The number of hydrogen-bond acceptors (Lipinski definition) is 4. The minimum absolute atomic E-state index is 0.0594. The lowest BCUT2D eigenvalue weighted by Crippen LogP contribution is -2.50. The molecule has 2 atom stereocenters. The number of aliphatic hydroxyl groups is 1. The maximum atomic E-state index is 13.7. The van der Waals surface area contributed by atoms with Gasteiger partial charge in [-0.05, 0) is 19.4 Å². The molecule has 2 N–H and O–H groups in total. The molecule has 2 unspecified atom stereocenters. The molecule has 5 nitrogen and oxygen atoms in total. The van der Waals surface area contributed by atoms with E-state index >= 15 is 0 Å². The second-order valence-corrected chi connectivity index (χ2v) is 6.49. The molecule has 0 radical (unpaired) electrons. The second kappa shape index (κ2) is 9.11. The highest BCUT2D eigenvalue weighted by Crippen LogP contribution is 2.18. The number of aliphatic hydroxyl groups excluding tert-OH is 1. The lowest BCUT2D eigenvalue weighted by Gasteiger charge is -2.35. The van der Waals surface area contributed by atoms with E-state index in [2.05, 4.69) is 15.1 Å². The first-order valence-electron chi connectivity index (χ1n) is 8.66. The third-order valence-electron chi connectivity index (χ3n) is 4.55. The van der Waals surface area contributed by atoms with E-state index in [9.17, 15) is 14.3 Å². The molecule has 6 heteroatoms. The number of piperazine rings is 1. The standard InChI is InChI=1S/C18H28FN3O2/c1-3-14(2)20-18(24)13-22-10-8-21(9-11-22)12-17(23)15-6-4-5-7-16(15)19/h4-7,14,17,23H,3,8-13H2,1-2H3,(H,20,24). The van der Waals surface area contributed by atoms with Crippen molar-refractivity contribution in [3.8, 4) is 0 Å². The zero-order valence-corrected chi connectivity index (χ0v) is 14.5. The van der Waals surface area contributed by atoms with Gasteiger partial charge in [-0.1, -0.05) is 25.1 Å². The minimum Gasteiger partial charge on any atom is -0.387 e. The molecule has 0 bridgehead atoms. The summed E-state index contributed by atoms with van der Waals surface area (Å²) in [7, 11) is 0. The fraction of sp³-hybridized carbons (Fsp3) is 0.611. The Balaban J connectivity index is 1.75. The number of carbonyl (C=O) groups is 1. The van der Waals surface area contributed by atoms with E-state index in [0.29, 0.717) is 18.7 Å². The van der Waals surface area contributed by atoms with E-state index in [0.717, 1.165) is 32.6 Å². The number of β-amino-alcohol motifs (C(OH)–C–C–N with tert-alkyl or cyclic N) is 1. The van der Waals surface area contributed by atoms with Gasteiger partial charge in [-0.2, -0.15) is 0 Å². The fourth-order valence-electron chi connectivity index (χ4n) is 2.84. The first kappa shape index (κ1) is 18.8. The lowest BCUT2D eigenvalue weighted by atomic mass is 10.1. The van der Waals surface area contributed by atoms with E-state index in [1.54, 1.807) is 18.2 Å². The predicted octanol–water partition coefficient (Wildman–Crippen LogP) is 1.39. The highest BCUT2D eigenvalue weighted by atomic mass is 19.1. The van der Waals surface area contributed by atoms with Crippen LogP contribution in [0.3, 0.4) is 0 Å². The molecule has 1 heterocycles. The van der Waals surface area contributed by atoms with Gasteiger partial charge in [0.15, 0.2) is 0 Å². The number of rotatable bonds is 7. The summed E-state index contributed by atoms with van der Waals surface area (Å²) in [5.74, 6) is -0.311. The van der Waals surface area contributed by atoms with Gasteiger partial charge in [0.25, 0.3) is 0 Å². The second-order valence-electron chi connectivity index (χ2n) is 6.49. The van der Waals surface area contributed by atoms with Gasteiger partial charge in [-0.25, -0.2) is 4.39 Å². The SMILES string of the molecule is CCC(C)NC(=O)CN1CCN(CC(O)c2ccccc2F)CC1. The molecule has 1 aliphatic heterocycles. The molecule has 1 aliphatic rings. The van der Waals surface area contributed by atoms with Crippen LogP contribution in [0.2, 0.25) is 0 Å². The van der Waals surface area contributed by atoms with Gasteiger partial charge in [0.1, 0.15) is 5.82 Å². The van der Waals surface area contributed by atoms with Gasteiger partial charge >= 0.3 is 0 Å². The van der Waals surface area contributed by atoms with Gasteiger partial charge in [0.2, 0.25) is 5.91 Å². The zero-order valence-electron chi connectivity index (χ0n) is 14.5. The van der Waals surface area contributed by atoms with E-state index < -0.39 is 6.10 Å². The Bertz CT molecular complexity index is 533. The van der Waals surface area contributed by atoms with Crippen LogP contribution in [0.25, 0.3) is 0 Å². The molecule has 24 heavy (non-hydrogen) atoms. The van der Waals surface area contributed by atoms with Gasteiger partial charge in [0, 0.05) is 44.3 Å². The molecule has 0 saturated carbocycles. The van der Waals surface area contributed by atoms with Crippen LogP contribution in [-0.4, -0.2) is 66.1 Å². The van der Waals surface area contributed by atoms with Crippen LogP contribution in [0.5, 0.6) is 0 Å². The molecule has 0 aromatic heterocycles. The van der Waals surface area contributed by atoms with Crippen molar-refractivity contribution < 1.29 is 14.3 Å². The summed E-state index contributed by atoms with van der Waals surface area (Å²) in [5, 5.41) is 13.2. The van der Waals surface area contributed by atoms with E-state index in [1.807, 2.05) is 13.8 Å². The van der Waals surface area contributed by atoms with E-state index in [4.69, 9.17) is 0 Å². The van der Waals surface area contributed by atoms with Gasteiger partial charge in [-0.15, -0.1) is 0 Å². The van der Waals surface area contributed by atoms with Crippen molar-refractivity contribution in [2.75, 3.05) is 39.3 Å². The summed E-state index contributed by atoms with van der Waals surface area (Å²) in [6.45, 7) is 7.95. The topological polar surface area (TPSA) is 55.8 Å². The third kappa shape index (κ3) is 5.54. The number of amides is 1. The Kier molecular flexibility index (Phi) is 7.15. The monoisotopic (exact) mass is 337 g/mol. The van der Waals surface area contributed by atoms with Crippen LogP contribution in [-0.2, 0) is 4.79 Å². The first-order chi connectivity index (χ1) is 11.5. The summed E-state index contributed by atoms with van der Waals surface area (Å²) < 4.78 is 13.7. The molecular formula is C18H28FN3O2. The average molecular weight is 337 g/mol. The van der Waals surface area contributed by atoms with Crippen molar-refractivity contribution in [1.82, 2.24) is 15.1 Å². The molecule has 2 rings (SSSR count). The molecule has 134 valence electrons.